The Balaban J connectivity index is 1.63. The summed E-state index contributed by atoms with van der Waals surface area (Å²) in [6.45, 7) is 2.53. The molecule has 1 aromatic carbocycles. The van der Waals surface area contributed by atoms with Gasteiger partial charge in [-0.05, 0) is 30.7 Å². The predicted octanol–water partition coefficient (Wildman–Crippen LogP) is 0.836. The van der Waals surface area contributed by atoms with Crippen LogP contribution in [0.2, 0.25) is 0 Å². The number of fused-ring (bicyclic) bond motifs is 1. The van der Waals surface area contributed by atoms with Gasteiger partial charge in [0.1, 0.15) is 13.2 Å². The van der Waals surface area contributed by atoms with Crippen molar-refractivity contribution in [3.63, 3.8) is 0 Å². The second-order valence-electron chi connectivity index (χ2n) is 5.73. The SMILES string of the molecule is C[C@@H](NS(=O)(=O)c1ccc2c(c1)OCCO2)C(=O)NCc1cccnc1. The third kappa shape index (κ3) is 4.30. The smallest absolute Gasteiger partial charge is 0.241 e. The summed E-state index contributed by atoms with van der Waals surface area (Å²) in [4.78, 5) is 16.1. The molecule has 26 heavy (non-hydrogen) atoms. The van der Waals surface area contributed by atoms with E-state index in [1.165, 1.54) is 25.1 Å². The summed E-state index contributed by atoms with van der Waals surface area (Å²) in [7, 11) is -3.88. The number of nitrogens with one attached hydrogen (secondary N) is 2. The quantitative estimate of drug-likeness (QED) is 0.772. The molecule has 0 spiro atoms. The lowest BCUT2D eigenvalue weighted by Gasteiger charge is -2.19. The van der Waals surface area contributed by atoms with Gasteiger partial charge in [0.2, 0.25) is 15.9 Å². The van der Waals surface area contributed by atoms with Gasteiger partial charge in [0.05, 0.1) is 10.9 Å². The number of sulfonamides is 1. The van der Waals surface area contributed by atoms with E-state index in [-0.39, 0.29) is 11.4 Å². The molecule has 1 atom stereocenters. The molecule has 0 saturated carbocycles. The van der Waals surface area contributed by atoms with Gasteiger partial charge >= 0.3 is 0 Å². The summed E-state index contributed by atoms with van der Waals surface area (Å²) in [5.41, 5.74) is 0.822. The average Bonchev–Trinajstić information content (AvgIpc) is 2.66. The molecule has 3 rings (SSSR count). The molecular weight excluding hydrogens is 358 g/mol. The van der Waals surface area contributed by atoms with Gasteiger partial charge in [0, 0.05) is 25.0 Å². The lowest BCUT2D eigenvalue weighted by Crippen LogP contribution is -2.44. The number of ether oxygens (including phenoxy) is 2. The van der Waals surface area contributed by atoms with Crippen LogP contribution < -0.4 is 19.5 Å². The summed E-state index contributed by atoms with van der Waals surface area (Å²) in [6.07, 6.45) is 3.26. The lowest BCUT2D eigenvalue weighted by atomic mass is 10.2. The first kappa shape index (κ1) is 18.2. The van der Waals surface area contributed by atoms with Crippen LogP contribution in [0.25, 0.3) is 0 Å². The Kier molecular flexibility index (Phi) is 5.38. The number of carbonyl (C=O) groups excluding carboxylic acids is 1. The van der Waals surface area contributed by atoms with Crippen molar-refractivity contribution < 1.29 is 22.7 Å². The van der Waals surface area contributed by atoms with Crippen LogP contribution in [0.3, 0.4) is 0 Å². The Morgan fingerprint density at radius 3 is 2.73 bits per heavy atom. The maximum atomic E-state index is 12.5. The van der Waals surface area contributed by atoms with E-state index in [1.807, 2.05) is 6.07 Å². The first-order valence-corrected chi connectivity index (χ1v) is 9.52. The molecule has 9 heteroatoms. The Labute approximate surface area is 151 Å². The summed E-state index contributed by atoms with van der Waals surface area (Å²) < 4.78 is 38.2. The van der Waals surface area contributed by atoms with Crippen LogP contribution in [-0.4, -0.2) is 38.6 Å². The molecule has 1 aliphatic heterocycles. The highest BCUT2D eigenvalue weighted by molar-refractivity contribution is 7.89. The monoisotopic (exact) mass is 377 g/mol. The molecule has 1 amide bonds. The number of hydrogen-bond acceptors (Lipinski definition) is 6. The Morgan fingerprint density at radius 1 is 1.23 bits per heavy atom. The number of nitrogens with zero attached hydrogens (tertiary/aromatic N) is 1. The van der Waals surface area contributed by atoms with E-state index >= 15 is 0 Å². The van der Waals surface area contributed by atoms with Crippen molar-refractivity contribution in [1.29, 1.82) is 0 Å². The molecule has 1 aromatic heterocycles. The predicted molar refractivity (Wildman–Crippen MR) is 93.3 cm³/mol. The third-order valence-electron chi connectivity index (χ3n) is 3.74. The normalized spacial score (nSPS) is 14.5. The van der Waals surface area contributed by atoms with Crippen LogP contribution >= 0.6 is 0 Å². The highest BCUT2D eigenvalue weighted by Gasteiger charge is 2.24. The third-order valence-corrected chi connectivity index (χ3v) is 5.28. The summed E-state index contributed by atoms with van der Waals surface area (Å²) >= 11 is 0. The van der Waals surface area contributed by atoms with E-state index in [4.69, 9.17) is 9.47 Å². The second-order valence-corrected chi connectivity index (χ2v) is 7.44. The molecule has 0 unspecified atom stereocenters. The lowest BCUT2D eigenvalue weighted by molar-refractivity contribution is -0.122. The van der Waals surface area contributed by atoms with Crippen molar-refractivity contribution in [3.05, 3.63) is 48.3 Å². The van der Waals surface area contributed by atoms with Gasteiger partial charge in [0.15, 0.2) is 11.5 Å². The van der Waals surface area contributed by atoms with E-state index in [2.05, 4.69) is 15.0 Å². The highest BCUT2D eigenvalue weighted by Crippen LogP contribution is 2.32. The molecular formula is C17H19N3O5S. The maximum absolute atomic E-state index is 12.5. The fourth-order valence-corrected chi connectivity index (χ4v) is 3.61. The van der Waals surface area contributed by atoms with Gasteiger partial charge in [0.25, 0.3) is 0 Å². The number of pyridine rings is 1. The number of rotatable bonds is 6. The van der Waals surface area contributed by atoms with Gasteiger partial charge in [-0.25, -0.2) is 8.42 Å². The van der Waals surface area contributed by atoms with Gasteiger partial charge in [-0.3, -0.25) is 9.78 Å². The largest absolute Gasteiger partial charge is 0.486 e. The average molecular weight is 377 g/mol. The van der Waals surface area contributed by atoms with Crippen LogP contribution in [0.5, 0.6) is 11.5 Å². The van der Waals surface area contributed by atoms with Gasteiger partial charge in [-0.2, -0.15) is 4.72 Å². The van der Waals surface area contributed by atoms with Crippen molar-refractivity contribution in [2.75, 3.05) is 13.2 Å². The van der Waals surface area contributed by atoms with Crippen LogP contribution in [0.15, 0.2) is 47.6 Å². The minimum absolute atomic E-state index is 0.00802. The molecule has 8 nitrogen and oxygen atoms in total. The zero-order chi connectivity index (χ0) is 18.6. The van der Waals surface area contributed by atoms with Crippen LogP contribution in [0.1, 0.15) is 12.5 Å². The Hall–Kier alpha value is -2.65. The zero-order valence-corrected chi connectivity index (χ0v) is 15.0. The number of amides is 1. The number of hydrogen-bond donors (Lipinski definition) is 2. The molecule has 2 aromatic rings. The molecule has 2 N–H and O–H groups in total. The number of carbonyl (C=O) groups is 1. The molecule has 0 fully saturated rings. The van der Waals surface area contributed by atoms with Crippen molar-refractivity contribution in [1.82, 2.24) is 15.0 Å². The van der Waals surface area contributed by atoms with Crippen LogP contribution in [0, 0.1) is 0 Å². The highest BCUT2D eigenvalue weighted by atomic mass is 32.2. The zero-order valence-electron chi connectivity index (χ0n) is 14.1. The summed E-state index contributed by atoms with van der Waals surface area (Å²) in [6, 6.07) is 6.97. The van der Waals surface area contributed by atoms with Crippen LogP contribution in [0.4, 0.5) is 0 Å². The van der Waals surface area contributed by atoms with Crippen molar-refractivity contribution in [3.8, 4) is 11.5 Å². The topological polar surface area (TPSA) is 107 Å². The van der Waals surface area contributed by atoms with E-state index in [1.54, 1.807) is 18.5 Å². The van der Waals surface area contributed by atoms with Gasteiger partial charge in [-0.1, -0.05) is 6.07 Å². The van der Waals surface area contributed by atoms with Gasteiger partial charge in [-0.15, -0.1) is 0 Å². The van der Waals surface area contributed by atoms with E-state index < -0.39 is 22.0 Å². The molecule has 0 aliphatic carbocycles. The molecule has 2 heterocycles. The van der Waals surface area contributed by atoms with Crippen molar-refractivity contribution in [2.24, 2.45) is 0 Å². The fraction of sp³-hybridized carbons (Fsp3) is 0.294. The Morgan fingerprint density at radius 2 is 2.00 bits per heavy atom. The molecule has 0 radical (unpaired) electrons. The van der Waals surface area contributed by atoms with E-state index in [0.29, 0.717) is 24.7 Å². The maximum Gasteiger partial charge on any atom is 0.241 e. The van der Waals surface area contributed by atoms with E-state index in [9.17, 15) is 13.2 Å². The fourth-order valence-electron chi connectivity index (χ4n) is 2.39. The van der Waals surface area contributed by atoms with Crippen LogP contribution in [-0.2, 0) is 21.4 Å². The minimum atomic E-state index is -3.88. The Bertz CT molecular complexity index is 887. The molecule has 138 valence electrons. The van der Waals surface area contributed by atoms with E-state index in [0.717, 1.165) is 5.56 Å². The number of benzene rings is 1. The molecule has 1 aliphatic rings. The summed E-state index contributed by atoms with van der Waals surface area (Å²) in [5.74, 6) is 0.431. The van der Waals surface area contributed by atoms with Gasteiger partial charge < -0.3 is 14.8 Å². The standard InChI is InChI=1S/C17H19N3O5S/c1-12(17(21)19-11-13-3-2-6-18-10-13)20-26(22,23)14-4-5-15-16(9-14)25-8-7-24-15/h2-6,9-10,12,20H,7-8,11H2,1H3,(H,19,21)/t12-/m1/s1. The summed E-state index contributed by atoms with van der Waals surface area (Å²) in [5, 5.41) is 2.67. The molecule has 0 bridgehead atoms. The van der Waals surface area contributed by atoms with Crippen molar-refractivity contribution >= 4 is 15.9 Å². The first-order valence-electron chi connectivity index (χ1n) is 8.04. The minimum Gasteiger partial charge on any atom is -0.486 e. The first-order chi connectivity index (χ1) is 12.5. The van der Waals surface area contributed by atoms with Crippen molar-refractivity contribution in [2.45, 2.75) is 24.4 Å². The molecule has 0 saturated heterocycles. The number of aromatic nitrogens is 1. The second kappa shape index (κ2) is 7.71.